The van der Waals surface area contributed by atoms with Crippen LogP contribution >= 0.6 is 0 Å². The van der Waals surface area contributed by atoms with E-state index in [2.05, 4.69) is 55.6 Å². The fourth-order valence-corrected chi connectivity index (χ4v) is 9.43. The Kier molecular flexibility index (Phi) is 57.0. The van der Waals surface area contributed by atoms with Gasteiger partial charge >= 0.3 is 5.97 Å². The first-order valence-electron chi connectivity index (χ1n) is 30.7. The van der Waals surface area contributed by atoms with Crippen LogP contribution in [0.2, 0.25) is 0 Å². The molecule has 3 N–H and O–H groups in total. The first-order chi connectivity index (χ1) is 34.0. The Bertz CT molecular complexity index is 1120. The third-order valence-corrected chi connectivity index (χ3v) is 14.2. The van der Waals surface area contributed by atoms with Gasteiger partial charge in [-0.2, -0.15) is 0 Å². The molecule has 406 valence electrons. The molecule has 0 spiro atoms. The minimum atomic E-state index is -0.674. The van der Waals surface area contributed by atoms with Crippen LogP contribution < -0.4 is 5.32 Å². The summed E-state index contributed by atoms with van der Waals surface area (Å²) in [7, 11) is 0. The third-order valence-electron chi connectivity index (χ3n) is 14.2. The number of nitrogens with one attached hydrogen (secondary N) is 1. The van der Waals surface area contributed by atoms with Crippen molar-refractivity contribution in [2.45, 2.75) is 341 Å². The van der Waals surface area contributed by atoms with Crippen LogP contribution in [0.3, 0.4) is 0 Å². The van der Waals surface area contributed by atoms with Gasteiger partial charge in [0.15, 0.2) is 0 Å². The Labute approximate surface area is 430 Å². The van der Waals surface area contributed by atoms with Gasteiger partial charge in [-0.15, -0.1) is 0 Å². The molecule has 0 aliphatic heterocycles. The summed E-state index contributed by atoms with van der Waals surface area (Å²) in [5.41, 5.74) is 0. The molecule has 0 heterocycles. The summed E-state index contributed by atoms with van der Waals surface area (Å²) in [5.74, 6) is -0.0580. The lowest BCUT2D eigenvalue weighted by molar-refractivity contribution is -0.143. The Balaban J connectivity index is 3.46. The van der Waals surface area contributed by atoms with E-state index in [1.165, 1.54) is 225 Å². The zero-order valence-corrected chi connectivity index (χ0v) is 46.3. The van der Waals surface area contributed by atoms with Crippen molar-refractivity contribution in [3.8, 4) is 0 Å². The molecule has 0 radical (unpaired) electrons. The molecule has 0 bridgehead atoms. The average molecular weight is 971 g/mol. The number of unbranched alkanes of at least 4 members (excludes halogenated alkanes) is 40. The van der Waals surface area contributed by atoms with Crippen molar-refractivity contribution in [1.82, 2.24) is 5.32 Å². The number of ether oxygens (including phenoxy) is 1. The number of carbonyl (C=O) groups is 2. The molecule has 2 atom stereocenters. The number of aliphatic hydroxyl groups excluding tert-OH is 2. The standard InChI is InChI=1S/C63H119NO5/c1-3-5-7-9-11-13-15-17-19-21-24-27-31-35-39-43-47-51-55-61(66)60(59-65)64-62(67)56-52-48-44-40-36-32-28-25-22-23-26-30-34-38-42-46-50-54-58-69-63(68)57-53-49-45-41-37-33-29-20-18-16-14-12-10-8-6-4-2/h14,16,20,25,28-29,60-61,65-66H,3-13,15,17-19,21-24,26-27,30-59H2,1-2H3,(H,64,67)/b16-14-,28-25-,29-20-. The van der Waals surface area contributed by atoms with Crippen molar-refractivity contribution in [1.29, 1.82) is 0 Å². The molecule has 6 nitrogen and oxygen atoms in total. The molecule has 0 rings (SSSR count). The lowest BCUT2D eigenvalue weighted by Crippen LogP contribution is -2.45. The van der Waals surface area contributed by atoms with Gasteiger partial charge in [-0.05, 0) is 83.5 Å². The Morgan fingerprint density at radius 1 is 0.406 bits per heavy atom. The number of amides is 1. The van der Waals surface area contributed by atoms with Crippen molar-refractivity contribution in [2.24, 2.45) is 0 Å². The molecular weight excluding hydrogens is 851 g/mol. The number of esters is 1. The predicted octanol–water partition coefficient (Wildman–Crippen LogP) is 19.2. The van der Waals surface area contributed by atoms with E-state index in [0.717, 1.165) is 70.6 Å². The van der Waals surface area contributed by atoms with Crippen LogP contribution in [0.25, 0.3) is 0 Å². The molecule has 0 aliphatic carbocycles. The van der Waals surface area contributed by atoms with Crippen molar-refractivity contribution in [3.63, 3.8) is 0 Å². The van der Waals surface area contributed by atoms with E-state index in [0.29, 0.717) is 25.9 Å². The van der Waals surface area contributed by atoms with Crippen molar-refractivity contribution in [2.75, 3.05) is 13.2 Å². The fourth-order valence-electron chi connectivity index (χ4n) is 9.43. The van der Waals surface area contributed by atoms with E-state index in [4.69, 9.17) is 4.74 Å². The van der Waals surface area contributed by atoms with Crippen LogP contribution in [0.15, 0.2) is 36.5 Å². The minimum Gasteiger partial charge on any atom is -0.466 e. The molecule has 0 aromatic heterocycles. The highest BCUT2D eigenvalue weighted by Gasteiger charge is 2.20. The number of hydrogen-bond acceptors (Lipinski definition) is 5. The number of allylic oxidation sites excluding steroid dienone is 6. The summed E-state index contributed by atoms with van der Waals surface area (Å²) in [4.78, 5) is 24.6. The van der Waals surface area contributed by atoms with Crippen molar-refractivity contribution in [3.05, 3.63) is 36.5 Å². The molecule has 0 fully saturated rings. The lowest BCUT2D eigenvalue weighted by Gasteiger charge is -2.22. The predicted molar refractivity (Wildman–Crippen MR) is 301 cm³/mol. The molecule has 0 aromatic carbocycles. The van der Waals surface area contributed by atoms with Gasteiger partial charge in [-0.25, -0.2) is 0 Å². The number of carbonyl (C=O) groups excluding carboxylic acids is 2. The molecular formula is C63H119NO5. The van der Waals surface area contributed by atoms with Crippen LogP contribution in [0, 0.1) is 0 Å². The third kappa shape index (κ3) is 55.2. The molecule has 69 heavy (non-hydrogen) atoms. The van der Waals surface area contributed by atoms with Crippen LogP contribution in [0.1, 0.15) is 328 Å². The highest BCUT2D eigenvalue weighted by molar-refractivity contribution is 5.76. The minimum absolute atomic E-state index is 0.0103. The summed E-state index contributed by atoms with van der Waals surface area (Å²) < 4.78 is 5.47. The quantitative estimate of drug-likeness (QED) is 0.0321. The van der Waals surface area contributed by atoms with Gasteiger partial charge in [0, 0.05) is 12.8 Å². The Hall–Kier alpha value is -1.92. The molecule has 0 saturated heterocycles. The molecule has 0 aliphatic rings. The maximum Gasteiger partial charge on any atom is 0.305 e. The van der Waals surface area contributed by atoms with Gasteiger partial charge in [0.05, 0.1) is 25.4 Å². The fraction of sp³-hybridized carbons (Fsp3) is 0.873. The van der Waals surface area contributed by atoms with Crippen molar-refractivity contribution >= 4 is 11.9 Å². The second kappa shape index (κ2) is 58.6. The van der Waals surface area contributed by atoms with Gasteiger partial charge < -0.3 is 20.3 Å². The highest BCUT2D eigenvalue weighted by Crippen LogP contribution is 2.17. The van der Waals surface area contributed by atoms with E-state index in [1.807, 2.05) is 0 Å². The van der Waals surface area contributed by atoms with E-state index in [9.17, 15) is 19.8 Å². The number of aliphatic hydroxyl groups is 2. The van der Waals surface area contributed by atoms with E-state index in [1.54, 1.807) is 0 Å². The van der Waals surface area contributed by atoms with E-state index in [-0.39, 0.29) is 18.5 Å². The normalized spacial score (nSPS) is 12.8. The van der Waals surface area contributed by atoms with E-state index >= 15 is 0 Å². The molecule has 0 aromatic rings. The van der Waals surface area contributed by atoms with Crippen molar-refractivity contribution < 1.29 is 24.5 Å². The zero-order chi connectivity index (χ0) is 50.0. The summed E-state index contributed by atoms with van der Waals surface area (Å²) in [5, 5.41) is 23.3. The first-order valence-corrected chi connectivity index (χ1v) is 30.7. The average Bonchev–Trinajstić information content (AvgIpc) is 3.35. The van der Waals surface area contributed by atoms with Gasteiger partial charge in [-0.3, -0.25) is 9.59 Å². The monoisotopic (exact) mass is 970 g/mol. The van der Waals surface area contributed by atoms with Crippen LogP contribution in [0.5, 0.6) is 0 Å². The maximum atomic E-state index is 12.5. The first kappa shape index (κ1) is 67.1. The number of hydrogen-bond donors (Lipinski definition) is 3. The Morgan fingerprint density at radius 3 is 1.13 bits per heavy atom. The molecule has 2 unspecified atom stereocenters. The SMILES string of the molecule is CCCCCC/C=C\C/C=C\CCCCCCCC(=O)OCCCCCCCCCCC/C=C\CCCCCCCC(=O)NC(CO)C(O)CCCCCCCCCCCCCCCCCCCC. The summed E-state index contributed by atoms with van der Waals surface area (Å²) in [6.07, 6.45) is 72.8. The Morgan fingerprint density at radius 2 is 0.725 bits per heavy atom. The zero-order valence-electron chi connectivity index (χ0n) is 46.3. The van der Waals surface area contributed by atoms with Gasteiger partial charge in [0.25, 0.3) is 0 Å². The van der Waals surface area contributed by atoms with Gasteiger partial charge in [-0.1, -0.05) is 269 Å². The summed E-state index contributed by atoms with van der Waals surface area (Å²) in [6.45, 7) is 4.93. The molecule has 0 saturated carbocycles. The van der Waals surface area contributed by atoms with Gasteiger partial charge in [0.2, 0.25) is 5.91 Å². The second-order valence-electron chi connectivity index (χ2n) is 21.0. The van der Waals surface area contributed by atoms with Crippen LogP contribution in [0.4, 0.5) is 0 Å². The largest absolute Gasteiger partial charge is 0.466 e. The topological polar surface area (TPSA) is 95.9 Å². The van der Waals surface area contributed by atoms with Crippen LogP contribution in [-0.4, -0.2) is 47.4 Å². The summed E-state index contributed by atoms with van der Waals surface area (Å²) in [6, 6.07) is -0.553. The van der Waals surface area contributed by atoms with Crippen LogP contribution in [-0.2, 0) is 14.3 Å². The number of rotatable bonds is 57. The second-order valence-corrected chi connectivity index (χ2v) is 21.0. The molecule has 6 heteroatoms. The smallest absolute Gasteiger partial charge is 0.305 e. The lowest BCUT2D eigenvalue weighted by atomic mass is 10.0. The van der Waals surface area contributed by atoms with Gasteiger partial charge in [0.1, 0.15) is 0 Å². The maximum absolute atomic E-state index is 12.5. The molecule has 1 amide bonds. The highest BCUT2D eigenvalue weighted by atomic mass is 16.5. The van der Waals surface area contributed by atoms with E-state index < -0.39 is 12.1 Å². The summed E-state index contributed by atoms with van der Waals surface area (Å²) >= 11 is 0.